The van der Waals surface area contributed by atoms with E-state index in [2.05, 4.69) is 4.74 Å². The van der Waals surface area contributed by atoms with Crippen LogP contribution in [0.15, 0.2) is 53.4 Å². The number of methoxy groups -OCH3 is 1. The highest BCUT2D eigenvalue weighted by atomic mass is 32.2. The largest absolute Gasteiger partial charge is 0.573 e. The lowest BCUT2D eigenvalue weighted by molar-refractivity contribution is -0.274. The third-order valence-corrected chi connectivity index (χ3v) is 6.40. The predicted molar refractivity (Wildman–Crippen MR) is 93.0 cm³/mol. The van der Waals surface area contributed by atoms with Gasteiger partial charge in [-0.3, -0.25) is 4.79 Å². The van der Waals surface area contributed by atoms with Crippen LogP contribution in [-0.4, -0.2) is 51.0 Å². The van der Waals surface area contributed by atoms with Crippen LogP contribution >= 0.6 is 0 Å². The first-order valence-corrected chi connectivity index (χ1v) is 9.68. The lowest BCUT2D eigenvalue weighted by Gasteiger charge is -2.38. The zero-order valence-electron chi connectivity index (χ0n) is 14.6. The van der Waals surface area contributed by atoms with E-state index in [1.165, 1.54) is 36.3 Å². The molecule has 2 aromatic rings. The summed E-state index contributed by atoms with van der Waals surface area (Å²) in [6.07, 6.45) is -4.81. The van der Waals surface area contributed by atoms with Gasteiger partial charge in [0.25, 0.3) is 5.91 Å². The van der Waals surface area contributed by atoms with Crippen molar-refractivity contribution < 1.29 is 35.9 Å². The van der Waals surface area contributed by atoms with E-state index >= 15 is 0 Å². The monoisotopic (exact) mass is 415 g/mol. The summed E-state index contributed by atoms with van der Waals surface area (Å²) in [6, 6.07) is 10.4. The fraction of sp³-hybridized carbons (Fsp3) is 0.278. The number of carbonyl (C=O) groups excluding carboxylic acids is 1. The third-order valence-electron chi connectivity index (χ3n) is 4.30. The van der Waals surface area contributed by atoms with Gasteiger partial charge in [0.2, 0.25) is 0 Å². The molecule has 150 valence electrons. The first-order chi connectivity index (χ1) is 13.1. The number of hydrogen-bond donors (Lipinski definition) is 0. The Morgan fingerprint density at radius 3 is 2.04 bits per heavy atom. The maximum Gasteiger partial charge on any atom is 0.573 e. The Morgan fingerprint density at radius 2 is 1.54 bits per heavy atom. The van der Waals surface area contributed by atoms with Crippen molar-refractivity contribution in [2.75, 3.05) is 20.2 Å². The summed E-state index contributed by atoms with van der Waals surface area (Å²) in [5, 5.41) is -0.738. The Labute approximate surface area is 159 Å². The van der Waals surface area contributed by atoms with Crippen molar-refractivity contribution >= 4 is 15.7 Å². The maximum absolute atomic E-state index is 12.6. The maximum atomic E-state index is 12.6. The molecule has 1 aliphatic rings. The topological polar surface area (TPSA) is 72.9 Å². The second-order valence-electron chi connectivity index (χ2n) is 6.12. The van der Waals surface area contributed by atoms with E-state index in [1.54, 1.807) is 12.1 Å². The minimum Gasteiger partial charge on any atom is -0.497 e. The van der Waals surface area contributed by atoms with Gasteiger partial charge in [0.1, 0.15) is 16.7 Å². The molecule has 0 spiro atoms. The summed E-state index contributed by atoms with van der Waals surface area (Å²) in [4.78, 5) is 13.8. The first kappa shape index (κ1) is 20.0. The standard InChI is InChI=1S/C18H16F3NO5S/c1-26-13-6-8-15(9-7-13)28(24,25)16-10-22(11-16)17(23)12-2-4-14(5-3-12)27-18(19,20)21/h2-9,16H,10-11H2,1H3. The molecule has 6 nitrogen and oxygen atoms in total. The van der Waals surface area contributed by atoms with Crippen molar-refractivity contribution in [3.63, 3.8) is 0 Å². The highest BCUT2D eigenvalue weighted by molar-refractivity contribution is 7.92. The average molecular weight is 415 g/mol. The molecule has 0 bridgehead atoms. The quantitative estimate of drug-likeness (QED) is 0.751. The van der Waals surface area contributed by atoms with Gasteiger partial charge in [0.05, 0.1) is 12.0 Å². The van der Waals surface area contributed by atoms with Gasteiger partial charge in [0.15, 0.2) is 9.84 Å². The molecular formula is C18H16F3NO5S. The molecule has 28 heavy (non-hydrogen) atoms. The smallest absolute Gasteiger partial charge is 0.497 e. The number of carbonyl (C=O) groups is 1. The zero-order chi connectivity index (χ0) is 20.5. The van der Waals surface area contributed by atoms with Crippen LogP contribution < -0.4 is 9.47 Å². The van der Waals surface area contributed by atoms with Gasteiger partial charge < -0.3 is 14.4 Å². The second kappa shape index (κ2) is 7.34. The summed E-state index contributed by atoms with van der Waals surface area (Å²) >= 11 is 0. The summed E-state index contributed by atoms with van der Waals surface area (Å²) in [5.74, 6) is -0.366. The first-order valence-electron chi connectivity index (χ1n) is 8.13. The van der Waals surface area contributed by atoms with Crippen LogP contribution in [0.4, 0.5) is 13.2 Å². The van der Waals surface area contributed by atoms with Gasteiger partial charge in [-0.1, -0.05) is 0 Å². The summed E-state index contributed by atoms with van der Waals surface area (Å²) in [7, 11) is -2.12. The molecular weight excluding hydrogens is 399 g/mol. The second-order valence-corrected chi connectivity index (χ2v) is 8.35. The van der Waals surface area contributed by atoms with E-state index in [-0.39, 0.29) is 23.5 Å². The molecule has 3 rings (SSSR count). The van der Waals surface area contributed by atoms with Crippen LogP contribution in [0.5, 0.6) is 11.5 Å². The number of halogens is 3. The fourth-order valence-electron chi connectivity index (χ4n) is 2.74. The van der Waals surface area contributed by atoms with Gasteiger partial charge >= 0.3 is 6.36 Å². The van der Waals surface area contributed by atoms with Gasteiger partial charge in [-0.05, 0) is 48.5 Å². The van der Waals surface area contributed by atoms with E-state index in [0.29, 0.717) is 5.75 Å². The lowest BCUT2D eigenvalue weighted by atomic mass is 10.1. The Bertz CT molecular complexity index is 950. The van der Waals surface area contributed by atoms with Crippen molar-refractivity contribution in [2.24, 2.45) is 0 Å². The Hall–Kier alpha value is -2.75. The number of hydrogen-bond acceptors (Lipinski definition) is 5. The number of sulfone groups is 1. The van der Waals surface area contributed by atoms with Crippen molar-refractivity contribution in [3.8, 4) is 11.5 Å². The minimum absolute atomic E-state index is 0.00793. The van der Waals surface area contributed by atoms with E-state index in [4.69, 9.17) is 4.74 Å². The Kier molecular flexibility index (Phi) is 5.24. The number of nitrogens with zero attached hydrogens (tertiary/aromatic N) is 1. The number of alkyl halides is 3. The molecule has 1 fully saturated rings. The van der Waals surface area contributed by atoms with Crippen LogP contribution in [0.2, 0.25) is 0 Å². The third kappa shape index (κ3) is 4.22. The van der Waals surface area contributed by atoms with Crippen molar-refractivity contribution in [1.82, 2.24) is 4.90 Å². The summed E-state index contributed by atoms with van der Waals surface area (Å²) < 4.78 is 70.4. The molecule has 1 heterocycles. The van der Waals surface area contributed by atoms with E-state index < -0.39 is 33.1 Å². The van der Waals surface area contributed by atoms with Crippen molar-refractivity contribution in [3.05, 3.63) is 54.1 Å². The lowest BCUT2D eigenvalue weighted by Crippen LogP contribution is -2.56. The normalized spacial score (nSPS) is 15.1. The molecule has 1 amide bonds. The minimum atomic E-state index is -4.81. The van der Waals surface area contributed by atoms with E-state index in [0.717, 1.165) is 12.1 Å². The van der Waals surface area contributed by atoms with Crippen LogP contribution in [0.3, 0.4) is 0 Å². The molecule has 0 atom stereocenters. The van der Waals surface area contributed by atoms with E-state index in [9.17, 15) is 26.4 Å². The molecule has 0 aliphatic carbocycles. The Morgan fingerprint density at radius 1 is 1.00 bits per heavy atom. The summed E-state index contributed by atoms with van der Waals surface area (Å²) in [6.45, 7) is 0.0159. The fourth-order valence-corrected chi connectivity index (χ4v) is 4.39. The molecule has 2 aromatic carbocycles. The highest BCUT2D eigenvalue weighted by Crippen LogP contribution is 2.27. The molecule has 0 aromatic heterocycles. The average Bonchev–Trinajstić information content (AvgIpc) is 2.59. The van der Waals surface area contributed by atoms with Crippen LogP contribution in [0.1, 0.15) is 10.4 Å². The number of ether oxygens (including phenoxy) is 2. The molecule has 10 heteroatoms. The zero-order valence-corrected chi connectivity index (χ0v) is 15.5. The highest BCUT2D eigenvalue weighted by Gasteiger charge is 2.40. The SMILES string of the molecule is COc1ccc(S(=O)(=O)C2CN(C(=O)c3ccc(OC(F)(F)F)cc3)C2)cc1. The van der Waals surface area contributed by atoms with E-state index in [1.807, 2.05) is 0 Å². The molecule has 1 saturated heterocycles. The van der Waals surface area contributed by atoms with Crippen molar-refractivity contribution in [2.45, 2.75) is 16.5 Å². The van der Waals surface area contributed by atoms with Crippen molar-refractivity contribution in [1.29, 1.82) is 0 Å². The molecule has 1 aliphatic heterocycles. The molecule has 0 saturated carbocycles. The molecule has 0 N–H and O–H groups in total. The number of rotatable bonds is 5. The van der Waals surface area contributed by atoms with Crippen LogP contribution in [0, 0.1) is 0 Å². The van der Waals surface area contributed by atoms with Crippen LogP contribution in [-0.2, 0) is 9.84 Å². The summed E-state index contributed by atoms with van der Waals surface area (Å²) in [5.41, 5.74) is 0.148. The van der Waals surface area contributed by atoms with Gasteiger partial charge in [-0.25, -0.2) is 8.42 Å². The number of amides is 1. The molecule has 0 radical (unpaired) electrons. The van der Waals surface area contributed by atoms with Crippen LogP contribution in [0.25, 0.3) is 0 Å². The number of benzene rings is 2. The van der Waals surface area contributed by atoms with Gasteiger partial charge in [0, 0.05) is 18.7 Å². The predicted octanol–water partition coefficient (Wildman–Crippen LogP) is 2.89. The number of likely N-dealkylation sites (tertiary alicyclic amines) is 1. The van der Waals surface area contributed by atoms with Gasteiger partial charge in [-0.2, -0.15) is 0 Å². The van der Waals surface area contributed by atoms with Gasteiger partial charge in [-0.15, -0.1) is 13.2 Å². The Balaban J connectivity index is 1.63. The molecule has 0 unspecified atom stereocenters.